The van der Waals surface area contributed by atoms with Crippen molar-refractivity contribution in [1.29, 1.82) is 0 Å². The fourth-order valence-electron chi connectivity index (χ4n) is 2.66. The molecular weight excluding hydrogens is 164 g/mol. The van der Waals surface area contributed by atoms with Crippen LogP contribution in [0.4, 0.5) is 0 Å². The van der Waals surface area contributed by atoms with Gasteiger partial charge in [0.05, 0.1) is 0 Å². The molecule has 1 heteroatoms. The summed E-state index contributed by atoms with van der Waals surface area (Å²) in [7, 11) is 0. The molecule has 0 N–H and O–H groups in total. The fourth-order valence-corrected chi connectivity index (χ4v) is 3.08. The summed E-state index contributed by atoms with van der Waals surface area (Å²) in [4.78, 5) is 0. The fraction of sp³-hybridized carbons (Fsp3) is 1.00. The number of hydrogen-bond donors (Lipinski definition) is 1. The van der Waals surface area contributed by atoms with E-state index in [9.17, 15) is 0 Å². The van der Waals surface area contributed by atoms with Crippen molar-refractivity contribution >= 4 is 12.6 Å². The maximum absolute atomic E-state index is 4.71. The van der Waals surface area contributed by atoms with E-state index in [2.05, 4.69) is 27.7 Å². The van der Waals surface area contributed by atoms with E-state index in [1.807, 2.05) is 0 Å². The van der Waals surface area contributed by atoms with E-state index in [-0.39, 0.29) is 0 Å². The molecule has 1 fully saturated rings. The summed E-state index contributed by atoms with van der Waals surface area (Å²) in [6, 6.07) is 0. The average Bonchev–Trinajstić information content (AvgIpc) is 2.27. The third-order valence-corrected chi connectivity index (χ3v) is 4.20. The second-order valence-electron chi connectivity index (χ2n) is 5.04. The maximum atomic E-state index is 4.71. The van der Waals surface area contributed by atoms with Crippen LogP contribution in [-0.2, 0) is 0 Å². The van der Waals surface area contributed by atoms with Crippen LogP contribution in [0.25, 0.3) is 0 Å². The Bertz CT molecular complexity index is 160. The SMILES string of the molecule is CCC1(C(C)C)CCC(C)(S)C1. The van der Waals surface area contributed by atoms with Crippen LogP contribution in [0.1, 0.15) is 53.4 Å². The minimum Gasteiger partial charge on any atom is -0.173 e. The Balaban J connectivity index is 2.73. The first-order valence-corrected chi connectivity index (χ1v) is 5.59. The van der Waals surface area contributed by atoms with Crippen LogP contribution in [0.5, 0.6) is 0 Å². The first-order valence-electron chi connectivity index (χ1n) is 5.14. The zero-order chi connectivity index (χ0) is 9.41. The second kappa shape index (κ2) is 3.25. The van der Waals surface area contributed by atoms with Gasteiger partial charge in [-0.15, -0.1) is 0 Å². The van der Waals surface area contributed by atoms with Crippen molar-refractivity contribution in [2.24, 2.45) is 11.3 Å². The molecule has 1 rings (SSSR count). The summed E-state index contributed by atoms with van der Waals surface area (Å²) >= 11 is 4.71. The van der Waals surface area contributed by atoms with Gasteiger partial charge in [0.25, 0.3) is 0 Å². The Morgan fingerprint density at radius 2 is 1.92 bits per heavy atom. The molecule has 0 saturated heterocycles. The molecule has 0 aromatic rings. The summed E-state index contributed by atoms with van der Waals surface area (Å²) in [6.45, 7) is 9.34. The lowest BCUT2D eigenvalue weighted by molar-refractivity contribution is 0.184. The van der Waals surface area contributed by atoms with Gasteiger partial charge in [-0.1, -0.05) is 34.1 Å². The van der Waals surface area contributed by atoms with Crippen molar-refractivity contribution < 1.29 is 0 Å². The van der Waals surface area contributed by atoms with Gasteiger partial charge in [0.15, 0.2) is 0 Å². The lowest BCUT2D eigenvalue weighted by Gasteiger charge is -2.33. The van der Waals surface area contributed by atoms with E-state index >= 15 is 0 Å². The standard InChI is InChI=1S/C11H22S/c1-5-11(9(2)3)7-6-10(4,12)8-11/h9,12H,5-8H2,1-4H3. The van der Waals surface area contributed by atoms with Gasteiger partial charge in [0.1, 0.15) is 0 Å². The first kappa shape index (κ1) is 10.4. The molecule has 0 spiro atoms. The molecule has 0 nitrogen and oxygen atoms in total. The summed E-state index contributed by atoms with van der Waals surface area (Å²) in [6.07, 6.45) is 5.29. The molecule has 0 radical (unpaired) electrons. The Kier molecular flexibility index (Phi) is 2.82. The molecule has 0 amide bonds. The minimum atomic E-state index is 0.306. The third-order valence-electron chi connectivity index (χ3n) is 3.82. The van der Waals surface area contributed by atoms with Crippen LogP contribution < -0.4 is 0 Å². The van der Waals surface area contributed by atoms with Gasteiger partial charge in [-0.25, -0.2) is 0 Å². The van der Waals surface area contributed by atoms with Gasteiger partial charge in [0.2, 0.25) is 0 Å². The predicted molar refractivity (Wildman–Crippen MR) is 58.8 cm³/mol. The molecule has 2 atom stereocenters. The highest BCUT2D eigenvalue weighted by Crippen LogP contribution is 2.53. The van der Waals surface area contributed by atoms with Gasteiger partial charge in [-0.2, -0.15) is 12.6 Å². The molecule has 1 aliphatic carbocycles. The Morgan fingerprint density at radius 3 is 2.08 bits per heavy atom. The monoisotopic (exact) mass is 186 g/mol. The molecule has 0 heterocycles. The Hall–Kier alpha value is 0.350. The van der Waals surface area contributed by atoms with Crippen molar-refractivity contribution in [1.82, 2.24) is 0 Å². The van der Waals surface area contributed by atoms with E-state index in [1.54, 1.807) is 0 Å². The van der Waals surface area contributed by atoms with Gasteiger partial charge >= 0.3 is 0 Å². The van der Waals surface area contributed by atoms with E-state index in [1.165, 1.54) is 25.7 Å². The topological polar surface area (TPSA) is 0 Å². The maximum Gasteiger partial charge on any atom is 0.0107 e. The minimum absolute atomic E-state index is 0.306. The molecule has 2 unspecified atom stereocenters. The van der Waals surface area contributed by atoms with E-state index in [0.717, 1.165) is 5.92 Å². The highest BCUT2D eigenvalue weighted by molar-refractivity contribution is 7.81. The first-order chi connectivity index (χ1) is 5.42. The van der Waals surface area contributed by atoms with Crippen molar-refractivity contribution in [3.8, 4) is 0 Å². The summed E-state index contributed by atoms with van der Waals surface area (Å²) in [5.41, 5.74) is 0.594. The largest absolute Gasteiger partial charge is 0.173 e. The predicted octanol–water partition coefficient (Wildman–Crippen LogP) is 3.91. The van der Waals surface area contributed by atoms with Crippen molar-refractivity contribution in [2.45, 2.75) is 58.1 Å². The van der Waals surface area contributed by atoms with E-state index in [0.29, 0.717) is 10.2 Å². The van der Waals surface area contributed by atoms with Gasteiger partial charge in [-0.05, 0) is 30.6 Å². The van der Waals surface area contributed by atoms with E-state index in [4.69, 9.17) is 12.6 Å². The smallest absolute Gasteiger partial charge is 0.0107 e. The Labute approximate surface area is 82.5 Å². The summed E-state index contributed by atoms with van der Waals surface area (Å²) in [5, 5.41) is 0. The lowest BCUT2D eigenvalue weighted by Crippen LogP contribution is -2.25. The Morgan fingerprint density at radius 1 is 1.33 bits per heavy atom. The second-order valence-corrected chi connectivity index (χ2v) is 6.12. The summed E-state index contributed by atoms with van der Waals surface area (Å²) < 4.78 is 0.306. The molecule has 0 bridgehead atoms. The van der Waals surface area contributed by atoms with Crippen LogP contribution in [0.3, 0.4) is 0 Å². The molecule has 1 aliphatic rings. The van der Waals surface area contributed by atoms with Crippen LogP contribution in [0.15, 0.2) is 0 Å². The van der Waals surface area contributed by atoms with Crippen LogP contribution in [-0.4, -0.2) is 4.75 Å². The van der Waals surface area contributed by atoms with Crippen molar-refractivity contribution in [2.75, 3.05) is 0 Å². The molecule has 0 aromatic carbocycles. The van der Waals surface area contributed by atoms with Crippen LogP contribution in [0.2, 0.25) is 0 Å². The van der Waals surface area contributed by atoms with Gasteiger partial charge < -0.3 is 0 Å². The zero-order valence-corrected chi connectivity index (χ0v) is 9.75. The number of hydrogen-bond acceptors (Lipinski definition) is 1. The lowest BCUT2D eigenvalue weighted by atomic mass is 9.73. The average molecular weight is 186 g/mol. The van der Waals surface area contributed by atoms with E-state index < -0.39 is 0 Å². The quantitative estimate of drug-likeness (QED) is 0.621. The highest BCUT2D eigenvalue weighted by atomic mass is 32.1. The molecule has 0 aliphatic heterocycles. The molecular formula is C11H22S. The van der Waals surface area contributed by atoms with Gasteiger partial charge in [-0.3, -0.25) is 0 Å². The van der Waals surface area contributed by atoms with Crippen LogP contribution >= 0.6 is 12.6 Å². The van der Waals surface area contributed by atoms with Crippen LogP contribution in [0, 0.1) is 11.3 Å². The normalized spacial score (nSPS) is 42.5. The summed E-state index contributed by atoms with van der Waals surface area (Å²) in [5.74, 6) is 0.816. The molecule has 72 valence electrons. The van der Waals surface area contributed by atoms with Crippen molar-refractivity contribution in [3.63, 3.8) is 0 Å². The molecule has 12 heavy (non-hydrogen) atoms. The molecule has 0 aromatic heterocycles. The van der Waals surface area contributed by atoms with Crippen molar-refractivity contribution in [3.05, 3.63) is 0 Å². The third kappa shape index (κ3) is 1.81. The van der Waals surface area contributed by atoms with Gasteiger partial charge in [0, 0.05) is 4.75 Å². The highest BCUT2D eigenvalue weighted by Gasteiger charge is 2.44. The zero-order valence-electron chi connectivity index (χ0n) is 8.85. The number of rotatable bonds is 2. The molecule has 1 saturated carbocycles. The number of thiol groups is 1.